The van der Waals surface area contributed by atoms with E-state index in [4.69, 9.17) is 4.74 Å². The normalized spacial score (nSPS) is 15.9. The molecule has 0 saturated carbocycles. The van der Waals surface area contributed by atoms with E-state index in [1.165, 1.54) is 20.3 Å². The molecule has 0 bridgehead atoms. The Kier molecular flexibility index (Phi) is 4.92. The van der Waals surface area contributed by atoms with Gasteiger partial charge in [0.2, 0.25) is 0 Å². The van der Waals surface area contributed by atoms with Crippen molar-refractivity contribution in [2.75, 3.05) is 40.4 Å². The minimum Gasteiger partial charge on any atom is -0.493 e. The first kappa shape index (κ1) is 14.7. The van der Waals surface area contributed by atoms with Crippen LogP contribution in [-0.2, 0) is 11.3 Å². The predicted molar refractivity (Wildman–Crippen MR) is 72.4 cm³/mol. The molecule has 1 aromatic rings. The maximum atomic E-state index is 14.0. The summed E-state index contributed by atoms with van der Waals surface area (Å²) in [5.41, 5.74) is 0.866. The first-order valence-electron chi connectivity index (χ1n) is 6.53. The molecular formula is C14H19FN2O3. The van der Waals surface area contributed by atoms with Crippen LogP contribution >= 0.6 is 0 Å². The molecule has 0 unspecified atom stereocenters. The molecule has 110 valence electrons. The Balaban J connectivity index is 2.25. The predicted octanol–water partition coefficient (Wildman–Crippen LogP) is 1.03. The molecule has 1 saturated heterocycles. The largest absolute Gasteiger partial charge is 0.493 e. The lowest BCUT2D eigenvalue weighted by Gasteiger charge is -2.27. The van der Waals surface area contributed by atoms with Crippen LogP contribution in [0.2, 0.25) is 0 Å². The van der Waals surface area contributed by atoms with Gasteiger partial charge in [0.25, 0.3) is 0 Å². The maximum absolute atomic E-state index is 14.0. The van der Waals surface area contributed by atoms with Crippen molar-refractivity contribution in [3.63, 3.8) is 0 Å². The van der Waals surface area contributed by atoms with Gasteiger partial charge in [0.15, 0.2) is 11.6 Å². The first-order valence-corrected chi connectivity index (χ1v) is 6.53. The van der Waals surface area contributed by atoms with Gasteiger partial charge in [-0.05, 0) is 17.7 Å². The number of carbonyl (C=O) groups is 1. The second kappa shape index (κ2) is 6.67. The molecule has 1 heterocycles. The minimum absolute atomic E-state index is 0.0686. The van der Waals surface area contributed by atoms with Crippen LogP contribution in [0.4, 0.5) is 4.39 Å². The molecule has 0 atom stereocenters. The second-order valence-corrected chi connectivity index (χ2v) is 4.68. The molecule has 0 radical (unpaired) electrons. The SMILES string of the molecule is COC(=O)c1cc(CN2CCNCC2)cc(F)c1OC. The van der Waals surface area contributed by atoms with Crippen LogP contribution in [0.3, 0.4) is 0 Å². The monoisotopic (exact) mass is 282 g/mol. The minimum atomic E-state index is -0.595. The van der Waals surface area contributed by atoms with Gasteiger partial charge in [-0.3, -0.25) is 4.90 Å². The number of nitrogens with zero attached hydrogens (tertiary/aromatic N) is 1. The van der Waals surface area contributed by atoms with Crippen LogP contribution in [0.15, 0.2) is 12.1 Å². The fourth-order valence-electron chi connectivity index (χ4n) is 2.34. The van der Waals surface area contributed by atoms with Gasteiger partial charge >= 0.3 is 5.97 Å². The van der Waals surface area contributed by atoms with E-state index in [0.717, 1.165) is 31.7 Å². The van der Waals surface area contributed by atoms with Gasteiger partial charge in [-0.2, -0.15) is 0 Å². The molecule has 0 amide bonds. The van der Waals surface area contributed by atoms with Crippen molar-refractivity contribution >= 4 is 5.97 Å². The molecule has 1 aliphatic rings. The number of piperazine rings is 1. The van der Waals surface area contributed by atoms with Crippen molar-refractivity contribution in [1.82, 2.24) is 10.2 Å². The fourth-order valence-corrected chi connectivity index (χ4v) is 2.34. The summed E-state index contributed by atoms with van der Waals surface area (Å²) in [6, 6.07) is 3.04. The Hall–Kier alpha value is -1.66. The highest BCUT2D eigenvalue weighted by molar-refractivity contribution is 5.92. The van der Waals surface area contributed by atoms with Crippen LogP contribution in [0, 0.1) is 5.82 Å². The van der Waals surface area contributed by atoms with Gasteiger partial charge in [0.05, 0.1) is 14.2 Å². The average Bonchev–Trinajstić information content (AvgIpc) is 2.47. The van der Waals surface area contributed by atoms with E-state index in [1.54, 1.807) is 6.07 Å². The average molecular weight is 282 g/mol. The smallest absolute Gasteiger partial charge is 0.341 e. The van der Waals surface area contributed by atoms with Gasteiger partial charge in [0.1, 0.15) is 5.56 Å². The molecule has 0 spiro atoms. The number of hydrogen-bond acceptors (Lipinski definition) is 5. The van der Waals surface area contributed by atoms with Crippen molar-refractivity contribution in [3.8, 4) is 5.75 Å². The summed E-state index contributed by atoms with van der Waals surface area (Å²) in [7, 11) is 2.60. The summed E-state index contributed by atoms with van der Waals surface area (Å²) in [6.07, 6.45) is 0. The summed E-state index contributed by atoms with van der Waals surface area (Å²) in [5.74, 6) is -1.20. The van der Waals surface area contributed by atoms with Crippen LogP contribution in [0.5, 0.6) is 5.75 Å². The maximum Gasteiger partial charge on any atom is 0.341 e. The number of hydrogen-bond donors (Lipinski definition) is 1. The Bertz CT molecular complexity index is 488. The summed E-state index contributed by atoms with van der Waals surface area (Å²) in [4.78, 5) is 13.9. The first-order chi connectivity index (χ1) is 9.65. The Morgan fingerprint density at radius 1 is 1.35 bits per heavy atom. The lowest BCUT2D eigenvalue weighted by molar-refractivity contribution is 0.0595. The van der Waals surface area contributed by atoms with E-state index in [2.05, 4.69) is 15.0 Å². The molecule has 1 aliphatic heterocycles. The molecule has 6 heteroatoms. The van der Waals surface area contributed by atoms with Crippen molar-refractivity contribution in [3.05, 3.63) is 29.1 Å². The number of benzene rings is 1. The zero-order valence-electron chi connectivity index (χ0n) is 11.7. The van der Waals surface area contributed by atoms with Crippen LogP contribution in [0.25, 0.3) is 0 Å². The van der Waals surface area contributed by atoms with E-state index in [1.807, 2.05) is 0 Å². The van der Waals surface area contributed by atoms with Crippen LogP contribution in [0.1, 0.15) is 15.9 Å². The molecule has 0 aromatic heterocycles. The highest BCUT2D eigenvalue weighted by Gasteiger charge is 2.20. The van der Waals surface area contributed by atoms with Crippen molar-refractivity contribution in [2.24, 2.45) is 0 Å². The molecular weight excluding hydrogens is 263 g/mol. The quantitative estimate of drug-likeness (QED) is 0.836. The molecule has 2 rings (SSSR count). The van der Waals surface area contributed by atoms with Crippen molar-refractivity contribution < 1.29 is 18.7 Å². The van der Waals surface area contributed by atoms with Gasteiger partial charge in [-0.1, -0.05) is 0 Å². The van der Waals surface area contributed by atoms with Crippen LogP contribution < -0.4 is 10.1 Å². The standard InChI is InChI=1S/C14H19FN2O3/c1-19-13-11(14(18)20-2)7-10(8-12(13)15)9-17-5-3-16-4-6-17/h7-8,16H,3-6,9H2,1-2H3. The Labute approximate surface area is 117 Å². The molecule has 5 nitrogen and oxygen atoms in total. The molecule has 1 fully saturated rings. The number of methoxy groups -OCH3 is 2. The summed E-state index contributed by atoms with van der Waals surface area (Å²) in [5, 5.41) is 3.26. The molecule has 20 heavy (non-hydrogen) atoms. The lowest BCUT2D eigenvalue weighted by Crippen LogP contribution is -2.42. The van der Waals surface area contributed by atoms with Gasteiger partial charge in [0, 0.05) is 32.7 Å². The number of ether oxygens (including phenoxy) is 2. The van der Waals surface area contributed by atoms with Crippen molar-refractivity contribution in [1.29, 1.82) is 0 Å². The van der Waals surface area contributed by atoms with E-state index in [9.17, 15) is 9.18 Å². The second-order valence-electron chi connectivity index (χ2n) is 4.68. The number of carbonyl (C=O) groups excluding carboxylic acids is 1. The van der Waals surface area contributed by atoms with Gasteiger partial charge in [-0.25, -0.2) is 9.18 Å². The lowest BCUT2D eigenvalue weighted by atomic mass is 10.1. The Morgan fingerprint density at radius 2 is 2.05 bits per heavy atom. The van der Waals surface area contributed by atoms with Crippen LogP contribution in [-0.4, -0.2) is 51.3 Å². The third-order valence-electron chi connectivity index (χ3n) is 3.33. The third kappa shape index (κ3) is 3.26. The number of halogens is 1. The van der Waals surface area contributed by atoms with E-state index in [0.29, 0.717) is 6.54 Å². The summed E-state index contributed by atoms with van der Waals surface area (Å²) < 4.78 is 23.6. The zero-order valence-corrected chi connectivity index (χ0v) is 11.7. The van der Waals surface area contributed by atoms with Gasteiger partial charge < -0.3 is 14.8 Å². The van der Waals surface area contributed by atoms with E-state index < -0.39 is 11.8 Å². The topological polar surface area (TPSA) is 50.8 Å². The van der Waals surface area contributed by atoms with E-state index in [-0.39, 0.29) is 11.3 Å². The number of rotatable bonds is 4. The molecule has 1 N–H and O–H groups in total. The summed E-state index contributed by atoms with van der Waals surface area (Å²) >= 11 is 0. The summed E-state index contributed by atoms with van der Waals surface area (Å²) in [6.45, 7) is 4.25. The Morgan fingerprint density at radius 3 is 2.65 bits per heavy atom. The molecule has 0 aliphatic carbocycles. The third-order valence-corrected chi connectivity index (χ3v) is 3.33. The number of esters is 1. The fraction of sp³-hybridized carbons (Fsp3) is 0.500. The highest BCUT2D eigenvalue weighted by Crippen LogP contribution is 2.26. The number of nitrogens with one attached hydrogen (secondary N) is 1. The van der Waals surface area contributed by atoms with E-state index >= 15 is 0 Å². The zero-order chi connectivity index (χ0) is 14.5. The van der Waals surface area contributed by atoms with Gasteiger partial charge in [-0.15, -0.1) is 0 Å². The van der Waals surface area contributed by atoms with Crippen molar-refractivity contribution in [2.45, 2.75) is 6.54 Å². The highest BCUT2D eigenvalue weighted by atomic mass is 19.1. The molecule has 1 aromatic carbocycles.